The first-order valence-corrected chi connectivity index (χ1v) is 8.34. The van der Waals surface area contributed by atoms with Crippen LogP contribution in [0.15, 0.2) is 66.8 Å². The van der Waals surface area contributed by atoms with Crippen LogP contribution in [0.2, 0.25) is 0 Å². The van der Waals surface area contributed by atoms with E-state index in [0.717, 1.165) is 5.56 Å². The molecule has 0 bridgehead atoms. The standard InChI is InChI=1S/C21H26O4/c1-3-4-5-9-13-19(21(23)24-2)16-20(22)14-10-15-25-17-18-11-7-6-8-12-18/h3-12,14,19H,13,15-17H2,1-2H3/b4-3+,9-5+,14-10+. The largest absolute Gasteiger partial charge is 0.469 e. The fourth-order valence-electron chi connectivity index (χ4n) is 2.17. The fourth-order valence-corrected chi connectivity index (χ4v) is 2.17. The Bertz CT molecular complexity index is 600. The van der Waals surface area contributed by atoms with Crippen LogP contribution in [0.4, 0.5) is 0 Å². The molecule has 0 fully saturated rings. The van der Waals surface area contributed by atoms with E-state index in [9.17, 15) is 9.59 Å². The number of carbonyl (C=O) groups is 2. The zero-order valence-corrected chi connectivity index (χ0v) is 14.9. The molecule has 25 heavy (non-hydrogen) atoms. The molecule has 4 nitrogen and oxygen atoms in total. The van der Waals surface area contributed by atoms with Crippen LogP contribution in [0.25, 0.3) is 0 Å². The molecule has 0 N–H and O–H groups in total. The van der Waals surface area contributed by atoms with E-state index < -0.39 is 5.92 Å². The summed E-state index contributed by atoms with van der Waals surface area (Å²) in [5.74, 6) is -0.945. The molecule has 1 aromatic rings. The van der Waals surface area contributed by atoms with Crippen molar-refractivity contribution >= 4 is 11.8 Å². The van der Waals surface area contributed by atoms with Crippen LogP contribution < -0.4 is 0 Å². The van der Waals surface area contributed by atoms with Gasteiger partial charge in [-0.2, -0.15) is 0 Å². The summed E-state index contributed by atoms with van der Waals surface area (Å²) in [5.41, 5.74) is 1.08. The van der Waals surface area contributed by atoms with Gasteiger partial charge in [-0.3, -0.25) is 9.59 Å². The number of esters is 1. The smallest absolute Gasteiger partial charge is 0.309 e. The van der Waals surface area contributed by atoms with E-state index in [1.807, 2.05) is 61.6 Å². The van der Waals surface area contributed by atoms with Crippen molar-refractivity contribution in [3.8, 4) is 0 Å². The fraction of sp³-hybridized carbons (Fsp3) is 0.333. The van der Waals surface area contributed by atoms with Crippen LogP contribution in [0, 0.1) is 5.92 Å². The van der Waals surface area contributed by atoms with Crippen molar-refractivity contribution in [3.05, 3.63) is 72.4 Å². The maximum absolute atomic E-state index is 12.0. The molecule has 0 saturated carbocycles. The van der Waals surface area contributed by atoms with Crippen LogP contribution in [0.5, 0.6) is 0 Å². The first-order valence-electron chi connectivity index (χ1n) is 8.34. The maximum Gasteiger partial charge on any atom is 0.309 e. The SMILES string of the molecule is C/C=C/C=C/CC(CC(=O)/C=C/COCc1ccccc1)C(=O)OC. The Kier molecular flexibility index (Phi) is 10.6. The zero-order chi connectivity index (χ0) is 18.3. The monoisotopic (exact) mass is 342 g/mol. The number of methoxy groups -OCH3 is 1. The molecular formula is C21H26O4. The van der Waals surface area contributed by atoms with Gasteiger partial charge < -0.3 is 9.47 Å². The molecule has 0 aliphatic rings. The van der Waals surface area contributed by atoms with Crippen molar-refractivity contribution in [2.45, 2.75) is 26.4 Å². The number of ketones is 1. The number of carbonyl (C=O) groups excluding carboxylic acids is 2. The van der Waals surface area contributed by atoms with E-state index in [1.54, 1.807) is 6.08 Å². The quantitative estimate of drug-likeness (QED) is 0.264. The van der Waals surface area contributed by atoms with Crippen molar-refractivity contribution in [2.24, 2.45) is 5.92 Å². The predicted octanol–water partition coefficient (Wildman–Crippen LogP) is 4.03. The summed E-state index contributed by atoms with van der Waals surface area (Å²) in [6.45, 7) is 2.76. The topological polar surface area (TPSA) is 52.6 Å². The molecule has 0 spiro atoms. The Morgan fingerprint density at radius 1 is 1.12 bits per heavy atom. The number of ether oxygens (including phenoxy) is 2. The summed E-state index contributed by atoms with van der Waals surface area (Å²) in [6.07, 6.45) is 11.2. The van der Waals surface area contributed by atoms with Gasteiger partial charge in [0.2, 0.25) is 0 Å². The lowest BCUT2D eigenvalue weighted by Gasteiger charge is -2.10. The van der Waals surface area contributed by atoms with E-state index in [2.05, 4.69) is 0 Å². The highest BCUT2D eigenvalue weighted by Gasteiger charge is 2.20. The van der Waals surface area contributed by atoms with E-state index in [-0.39, 0.29) is 18.2 Å². The lowest BCUT2D eigenvalue weighted by atomic mass is 9.98. The second-order valence-electron chi connectivity index (χ2n) is 5.48. The van der Waals surface area contributed by atoms with Gasteiger partial charge in [0.05, 0.1) is 26.2 Å². The Hall–Kier alpha value is -2.46. The Labute approximate surface area is 149 Å². The van der Waals surface area contributed by atoms with E-state index in [1.165, 1.54) is 13.2 Å². The molecule has 0 radical (unpaired) electrons. The van der Waals surface area contributed by atoms with Crippen LogP contribution in [-0.2, 0) is 25.7 Å². The maximum atomic E-state index is 12.0. The minimum atomic E-state index is -0.464. The molecule has 0 saturated heterocycles. The highest BCUT2D eigenvalue weighted by molar-refractivity contribution is 5.92. The Morgan fingerprint density at radius 2 is 1.88 bits per heavy atom. The first-order chi connectivity index (χ1) is 12.2. The van der Waals surface area contributed by atoms with Gasteiger partial charge in [0.25, 0.3) is 0 Å². The molecule has 1 aromatic carbocycles. The van der Waals surface area contributed by atoms with E-state index in [0.29, 0.717) is 19.6 Å². The van der Waals surface area contributed by atoms with Gasteiger partial charge in [0, 0.05) is 6.42 Å². The molecule has 0 heterocycles. The summed E-state index contributed by atoms with van der Waals surface area (Å²) >= 11 is 0. The molecule has 0 aromatic heterocycles. The molecule has 134 valence electrons. The molecule has 0 aliphatic carbocycles. The van der Waals surface area contributed by atoms with Crippen molar-refractivity contribution in [1.29, 1.82) is 0 Å². The number of rotatable bonds is 11. The molecule has 4 heteroatoms. The predicted molar refractivity (Wildman–Crippen MR) is 98.9 cm³/mol. The van der Waals surface area contributed by atoms with E-state index >= 15 is 0 Å². The Morgan fingerprint density at radius 3 is 2.56 bits per heavy atom. The highest BCUT2D eigenvalue weighted by atomic mass is 16.5. The summed E-state index contributed by atoms with van der Waals surface area (Å²) in [7, 11) is 1.34. The highest BCUT2D eigenvalue weighted by Crippen LogP contribution is 2.13. The number of allylic oxidation sites excluding steroid dienone is 5. The van der Waals surface area contributed by atoms with Crippen LogP contribution >= 0.6 is 0 Å². The van der Waals surface area contributed by atoms with E-state index in [4.69, 9.17) is 9.47 Å². The average Bonchev–Trinajstić information content (AvgIpc) is 2.64. The summed E-state index contributed by atoms with van der Waals surface area (Å²) in [6, 6.07) is 9.83. The van der Waals surface area contributed by atoms with Crippen LogP contribution in [-0.4, -0.2) is 25.5 Å². The molecule has 1 rings (SSSR count). The number of benzene rings is 1. The number of hydrogen-bond donors (Lipinski definition) is 0. The minimum absolute atomic E-state index is 0.113. The van der Waals surface area contributed by atoms with Crippen LogP contribution in [0.1, 0.15) is 25.3 Å². The third-order valence-electron chi connectivity index (χ3n) is 3.47. The zero-order valence-electron chi connectivity index (χ0n) is 14.9. The van der Waals surface area contributed by atoms with Crippen molar-refractivity contribution in [2.75, 3.05) is 13.7 Å². The van der Waals surface area contributed by atoms with Crippen molar-refractivity contribution < 1.29 is 19.1 Å². The van der Waals surface area contributed by atoms with Gasteiger partial charge >= 0.3 is 5.97 Å². The normalized spacial score (nSPS) is 12.9. The third kappa shape index (κ3) is 9.42. The molecule has 0 amide bonds. The summed E-state index contributed by atoms with van der Waals surface area (Å²) < 4.78 is 10.3. The number of hydrogen-bond acceptors (Lipinski definition) is 4. The van der Waals surface area contributed by atoms with Crippen molar-refractivity contribution in [3.63, 3.8) is 0 Å². The third-order valence-corrected chi connectivity index (χ3v) is 3.47. The van der Waals surface area contributed by atoms with Gasteiger partial charge in [-0.25, -0.2) is 0 Å². The van der Waals surface area contributed by atoms with Gasteiger partial charge in [-0.05, 0) is 25.0 Å². The lowest BCUT2D eigenvalue weighted by Crippen LogP contribution is -2.18. The van der Waals surface area contributed by atoms with Gasteiger partial charge in [-0.15, -0.1) is 0 Å². The van der Waals surface area contributed by atoms with Crippen molar-refractivity contribution in [1.82, 2.24) is 0 Å². The van der Waals surface area contributed by atoms with Gasteiger partial charge in [0.1, 0.15) is 0 Å². The molecule has 0 aliphatic heterocycles. The average molecular weight is 342 g/mol. The Balaban J connectivity index is 2.38. The summed E-state index contributed by atoms with van der Waals surface area (Å²) in [5, 5.41) is 0. The molecule has 1 unspecified atom stereocenters. The second kappa shape index (κ2) is 12.9. The molecular weight excluding hydrogens is 316 g/mol. The minimum Gasteiger partial charge on any atom is -0.469 e. The molecule has 1 atom stereocenters. The van der Waals surface area contributed by atoms with Gasteiger partial charge in [-0.1, -0.05) is 60.7 Å². The second-order valence-corrected chi connectivity index (χ2v) is 5.48. The van der Waals surface area contributed by atoms with Gasteiger partial charge in [0.15, 0.2) is 5.78 Å². The van der Waals surface area contributed by atoms with Crippen LogP contribution in [0.3, 0.4) is 0 Å². The summed E-state index contributed by atoms with van der Waals surface area (Å²) in [4.78, 5) is 23.8. The first kappa shape index (κ1) is 20.6. The lowest BCUT2D eigenvalue weighted by molar-refractivity contribution is -0.146.